The minimum absolute atomic E-state index is 0.0718. The maximum absolute atomic E-state index is 12.5. The standard InChI is InChI=1S/C20H26N2O3/c1-13(2)12-22-17-11-16(9-10-18(17)25-14(3)20(22)24)21-19(23)15-7-5-4-6-8-15/h9-11,14-15H,1,4-8,12H2,2-3H3,(H,21,23). The van der Waals surface area contributed by atoms with Crippen molar-refractivity contribution in [1.29, 1.82) is 0 Å². The third-order valence-electron chi connectivity index (χ3n) is 4.84. The largest absolute Gasteiger partial charge is 0.479 e. The van der Waals surface area contributed by atoms with Crippen molar-refractivity contribution in [2.45, 2.75) is 52.1 Å². The molecule has 1 aliphatic carbocycles. The molecule has 1 aromatic carbocycles. The van der Waals surface area contributed by atoms with E-state index in [1.807, 2.05) is 25.1 Å². The van der Waals surface area contributed by atoms with Crippen molar-refractivity contribution < 1.29 is 14.3 Å². The Morgan fingerprint density at radius 1 is 1.32 bits per heavy atom. The highest BCUT2D eigenvalue weighted by molar-refractivity contribution is 6.01. The maximum Gasteiger partial charge on any atom is 0.268 e. The van der Waals surface area contributed by atoms with Crippen LogP contribution in [0.25, 0.3) is 0 Å². The molecule has 2 aliphatic rings. The van der Waals surface area contributed by atoms with Crippen LogP contribution in [0.1, 0.15) is 46.0 Å². The van der Waals surface area contributed by atoms with Crippen LogP contribution in [-0.4, -0.2) is 24.5 Å². The van der Waals surface area contributed by atoms with Crippen LogP contribution in [0, 0.1) is 5.92 Å². The molecule has 1 aromatic rings. The predicted octanol–water partition coefficient (Wildman–Crippen LogP) is 3.90. The molecule has 1 unspecified atom stereocenters. The highest BCUT2D eigenvalue weighted by Crippen LogP contribution is 2.37. The van der Waals surface area contributed by atoms with Gasteiger partial charge in [-0.1, -0.05) is 31.4 Å². The summed E-state index contributed by atoms with van der Waals surface area (Å²) in [5.74, 6) is 0.729. The fraction of sp³-hybridized carbons (Fsp3) is 0.500. The van der Waals surface area contributed by atoms with E-state index in [9.17, 15) is 9.59 Å². The zero-order valence-corrected chi connectivity index (χ0v) is 15.0. The number of carbonyl (C=O) groups is 2. The summed E-state index contributed by atoms with van der Waals surface area (Å²) >= 11 is 0. The summed E-state index contributed by atoms with van der Waals surface area (Å²) in [5.41, 5.74) is 2.28. The first-order valence-corrected chi connectivity index (χ1v) is 9.03. The van der Waals surface area contributed by atoms with Gasteiger partial charge in [0, 0.05) is 18.2 Å². The molecule has 0 radical (unpaired) electrons. The highest BCUT2D eigenvalue weighted by atomic mass is 16.5. The van der Waals surface area contributed by atoms with E-state index in [0.29, 0.717) is 23.7 Å². The van der Waals surface area contributed by atoms with Gasteiger partial charge >= 0.3 is 0 Å². The molecule has 5 heteroatoms. The lowest BCUT2D eigenvalue weighted by molar-refractivity contribution is -0.125. The number of hydrogen-bond donors (Lipinski definition) is 1. The molecule has 1 saturated carbocycles. The van der Waals surface area contributed by atoms with E-state index in [2.05, 4.69) is 11.9 Å². The Morgan fingerprint density at radius 3 is 2.72 bits per heavy atom. The molecule has 1 fully saturated rings. The third kappa shape index (κ3) is 3.86. The van der Waals surface area contributed by atoms with Gasteiger partial charge in [0.2, 0.25) is 5.91 Å². The number of nitrogens with one attached hydrogen (secondary N) is 1. The van der Waals surface area contributed by atoms with Gasteiger partial charge in [-0.25, -0.2) is 0 Å². The average molecular weight is 342 g/mol. The van der Waals surface area contributed by atoms with Crippen LogP contribution in [-0.2, 0) is 9.59 Å². The Bertz CT molecular complexity index is 692. The lowest BCUT2D eigenvalue weighted by Crippen LogP contribution is -2.45. The van der Waals surface area contributed by atoms with E-state index < -0.39 is 6.10 Å². The Morgan fingerprint density at radius 2 is 2.04 bits per heavy atom. The normalized spacial score (nSPS) is 20.6. The fourth-order valence-electron chi connectivity index (χ4n) is 3.53. The molecule has 5 nitrogen and oxygen atoms in total. The Hall–Kier alpha value is -2.30. The SMILES string of the molecule is C=C(C)CN1C(=O)C(C)Oc2ccc(NC(=O)C3CCCCC3)cc21. The minimum atomic E-state index is -0.519. The highest BCUT2D eigenvalue weighted by Gasteiger charge is 2.32. The summed E-state index contributed by atoms with van der Waals surface area (Å²) in [7, 11) is 0. The number of hydrogen-bond acceptors (Lipinski definition) is 3. The van der Waals surface area contributed by atoms with Crippen molar-refractivity contribution >= 4 is 23.2 Å². The molecule has 3 rings (SSSR count). The molecule has 0 spiro atoms. The van der Waals surface area contributed by atoms with Crippen molar-refractivity contribution in [2.24, 2.45) is 5.92 Å². The number of amides is 2. The Balaban J connectivity index is 1.82. The predicted molar refractivity (Wildman–Crippen MR) is 98.9 cm³/mol. The first-order chi connectivity index (χ1) is 12.0. The smallest absolute Gasteiger partial charge is 0.268 e. The molecule has 25 heavy (non-hydrogen) atoms. The molecule has 1 heterocycles. The lowest BCUT2D eigenvalue weighted by atomic mass is 9.88. The van der Waals surface area contributed by atoms with Gasteiger partial charge in [-0.15, -0.1) is 0 Å². The summed E-state index contributed by atoms with van der Waals surface area (Å²) < 4.78 is 5.70. The van der Waals surface area contributed by atoms with E-state index in [4.69, 9.17) is 4.74 Å². The van der Waals surface area contributed by atoms with Gasteiger partial charge < -0.3 is 15.0 Å². The lowest BCUT2D eigenvalue weighted by Gasteiger charge is -2.33. The van der Waals surface area contributed by atoms with Crippen LogP contribution < -0.4 is 15.0 Å². The summed E-state index contributed by atoms with van der Waals surface area (Å²) in [6.45, 7) is 7.99. The molecule has 0 saturated heterocycles. The number of nitrogens with zero attached hydrogens (tertiary/aromatic N) is 1. The molecule has 0 aromatic heterocycles. The van der Waals surface area contributed by atoms with Crippen molar-refractivity contribution in [3.63, 3.8) is 0 Å². The molecule has 1 aliphatic heterocycles. The van der Waals surface area contributed by atoms with Gasteiger partial charge in [0.05, 0.1) is 5.69 Å². The number of rotatable bonds is 4. The second kappa shape index (κ2) is 7.30. The van der Waals surface area contributed by atoms with Crippen molar-refractivity contribution in [3.8, 4) is 5.75 Å². The van der Waals surface area contributed by atoms with Crippen LogP contribution >= 0.6 is 0 Å². The number of benzene rings is 1. The molecular weight excluding hydrogens is 316 g/mol. The second-order valence-electron chi connectivity index (χ2n) is 7.15. The summed E-state index contributed by atoms with van der Waals surface area (Å²) in [6, 6.07) is 5.48. The Kier molecular flexibility index (Phi) is 5.11. The number of fused-ring (bicyclic) bond motifs is 1. The Labute approximate surface area is 149 Å². The number of carbonyl (C=O) groups excluding carboxylic acids is 2. The molecular formula is C20H26N2O3. The quantitative estimate of drug-likeness (QED) is 0.845. The minimum Gasteiger partial charge on any atom is -0.479 e. The summed E-state index contributed by atoms with van der Waals surface area (Å²) in [4.78, 5) is 26.6. The zero-order chi connectivity index (χ0) is 18.0. The summed E-state index contributed by atoms with van der Waals surface area (Å²) in [6.07, 6.45) is 4.85. The first-order valence-electron chi connectivity index (χ1n) is 9.03. The molecule has 1 atom stereocenters. The number of ether oxygens (including phenoxy) is 1. The zero-order valence-electron chi connectivity index (χ0n) is 15.0. The first kappa shape index (κ1) is 17.5. The van der Waals surface area contributed by atoms with E-state index in [1.165, 1.54) is 6.42 Å². The van der Waals surface area contributed by atoms with Crippen molar-refractivity contribution in [3.05, 3.63) is 30.4 Å². The van der Waals surface area contributed by atoms with Gasteiger partial charge in [0.25, 0.3) is 5.91 Å². The fourth-order valence-corrected chi connectivity index (χ4v) is 3.53. The van der Waals surface area contributed by atoms with Gasteiger partial charge in [-0.05, 0) is 44.9 Å². The van der Waals surface area contributed by atoms with Crippen LogP contribution in [0.4, 0.5) is 11.4 Å². The van der Waals surface area contributed by atoms with E-state index in [-0.39, 0.29) is 17.7 Å². The third-order valence-corrected chi connectivity index (χ3v) is 4.84. The van der Waals surface area contributed by atoms with E-state index in [0.717, 1.165) is 31.3 Å². The van der Waals surface area contributed by atoms with E-state index >= 15 is 0 Å². The van der Waals surface area contributed by atoms with Gasteiger partial charge in [0.1, 0.15) is 5.75 Å². The molecule has 1 N–H and O–H groups in total. The van der Waals surface area contributed by atoms with Crippen molar-refractivity contribution in [1.82, 2.24) is 0 Å². The van der Waals surface area contributed by atoms with Gasteiger partial charge in [-0.3, -0.25) is 9.59 Å². The average Bonchev–Trinajstić information content (AvgIpc) is 2.60. The van der Waals surface area contributed by atoms with Crippen LogP contribution in [0.2, 0.25) is 0 Å². The number of anilines is 2. The second-order valence-corrected chi connectivity index (χ2v) is 7.15. The van der Waals surface area contributed by atoms with E-state index in [1.54, 1.807) is 11.8 Å². The van der Waals surface area contributed by atoms with Gasteiger partial charge in [-0.2, -0.15) is 0 Å². The van der Waals surface area contributed by atoms with Gasteiger partial charge in [0.15, 0.2) is 6.10 Å². The topological polar surface area (TPSA) is 58.6 Å². The molecule has 2 amide bonds. The summed E-state index contributed by atoms with van der Waals surface area (Å²) in [5, 5.41) is 3.01. The van der Waals surface area contributed by atoms with Crippen LogP contribution in [0.15, 0.2) is 30.4 Å². The molecule has 134 valence electrons. The van der Waals surface area contributed by atoms with Crippen LogP contribution in [0.3, 0.4) is 0 Å². The van der Waals surface area contributed by atoms with Crippen LogP contribution in [0.5, 0.6) is 5.75 Å². The molecule has 0 bridgehead atoms. The maximum atomic E-state index is 12.5. The monoisotopic (exact) mass is 342 g/mol. The van der Waals surface area contributed by atoms with Crippen molar-refractivity contribution in [2.75, 3.05) is 16.8 Å².